The van der Waals surface area contributed by atoms with Crippen molar-refractivity contribution in [2.75, 3.05) is 31.1 Å². The van der Waals surface area contributed by atoms with Gasteiger partial charge in [0.25, 0.3) is 5.91 Å². The zero-order valence-corrected chi connectivity index (χ0v) is 15.4. The molecule has 2 aromatic carbocycles. The predicted molar refractivity (Wildman–Crippen MR) is 102 cm³/mol. The van der Waals surface area contributed by atoms with Gasteiger partial charge in [0, 0.05) is 37.8 Å². The lowest BCUT2D eigenvalue weighted by Gasteiger charge is -2.35. The van der Waals surface area contributed by atoms with Gasteiger partial charge in [-0.1, -0.05) is 6.07 Å². The van der Waals surface area contributed by atoms with Crippen LogP contribution < -0.4 is 4.90 Å². The number of rotatable bonds is 3. The van der Waals surface area contributed by atoms with Crippen LogP contribution in [0, 0.1) is 17.5 Å². The van der Waals surface area contributed by atoms with Crippen LogP contribution in [0.4, 0.5) is 19.0 Å². The smallest absolute Gasteiger partial charge is 0.259 e. The predicted octanol–water partition coefficient (Wildman–Crippen LogP) is 3.52. The summed E-state index contributed by atoms with van der Waals surface area (Å²) >= 11 is 0. The second-order valence-corrected chi connectivity index (χ2v) is 6.64. The van der Waals surface area contributed by atoms with Gasteiger partial charge in [-0.05, 0) is 36.4 Å². The molecular formula is C21H17F3N4O. The molecule has 1 fully saturated rings. The lowest BCUT2D eigenvalue weighted by molar-refractivity contribution is 0.0736. The minimum Gasteiger partial charge on any atom is -0.353 e. The molecule has 0 radical (unpaired) electrons. The van der Waals surface area contributed by atoms with Gasteiger partial charge >= 0.3 is 0 Å². The number of benzene rings is 2. The molecule has 1 aliphatic rings. The third-order valence-corrected chi connectivity index (χ3v) is 4.86. The number of piperazine rings is 1. The maximum Gasteiger partial charge on any atom is 0.259 e. The lowest BCUT2D eigenvalue weighted by Crippen LogP contribution is -2.49. The standard InChI is InChI=1S/C21H17F3N4O/c22-15-6-4-14(5-7-15)18-12-19(26-13-25-18)27-8-10-28(11-9-27)21(29)20-16(23)2-1-3-17(20)24/h1-7,12-13H,8-11H2. The third kappa shape index (κ3) is 3.91. The maximum atomic E-state index is 13.9. The second-order valence-electron chi connectivity index (χ2n) is 6.64. The summed E-state index contributed by atoms with van der Waals surface area (Å²) in [6, 6.07) is 11.2. The topological polar surface area (TPSA) is 49.3 Å². The van der Waals surface area contributed by atoms with Gasteiger partial charge in [-0.25, -0.2) is 23.1 Å². The highest BCUT2D eigenvalue weighted by atomic mass is 19.1. The highest BCUT2D eigenvalue weighted by molar-refractivity contribution is 5.95. The number of hydrogen-bond acceptors (Lipinski definition) is 4. The average Bonchev–Trinajstić information content (AvgIpc) is 2.74. The molecule has 0 unspecified atom stereocenters. The number of carbonyl (C=O) groups is 1. The van der Waals surface area contributed by atoms with E-state index in [1.807, 2.05) is 4.90 Å². The molecule has 29 heavy (non-hydrogen) atoms. The Balaban J connectivity index is 1.47. The number of nitrogens with zero attached hydrogens (tertiary/aromatic N) is 4. The Hall–Kier alpha value is -3.42. The minimum absolute atomic E-state index is 0.308. The van der Waals surface area contributed by atoms with Crippen LogP contribution in [0.2, 0.25) is 0 Å². The van der Waals surface area contributed by atoms with E-state index in [0.29, 0.717) is 37.7 Å². The highest BCUT2D eigenvalue weighted by Crippen LogP contribution is 2.23. The number of halogens is 3. The van der Waals surface area contributed by atoms with Crippen LogP contribution in [-0.2, 0) is 0 Å². The van der Waals surface area contributed by atoms with Crippen molar-refractivity contribution in [3.63, 3.8) is 0 Å². The Bertz CT molecular complexity index is 1010. The fourth-order valence-electron chi connectivity index (χ4n) is 3.30. The first-order valence-corrected chi connectivity index (χ1v) is 9.09. The van der Waals surface area contributed by atoms with Crippen molar-refractivity contribution < 1.29 is 18.0 Å². The van der Waals surface area contributed by atoms with Crippen molar-refractivity contribution in [1.82, 2.24) is 14.9 Å². The van der Waals surface area contributed by atoms with Gasteiger partial charge < -0.3 is 9.80 Å². The molecule has 0 atom stereocenters. The Labute approximate surface area is 165 Å². The van der Waals surface area contributed by atoms with E-state index in [9.17, 15) is 18.0 Å². The summed E-state index contributed by atoms with van der Waals surface area (Å²) in [6.45, 7) is 1.54. The molecule has 0 bridgehead atoms. The number of hydrogen-bond donors (Lipinski definition) is 0. The largest absolute Gasteiger partial charge is 0.353 e. The van der Waals surface area contributed by atoms with Gasteiger partial charge in [0.05, 0.1) is 5.69 Å². The van der Waals surface area contributed by atoms with Crippen LogP contribution in [0.3, 0.4) is 0 Å². The molecule has 4 rings (SSSR count). The van der Waals surface area contributed by atoms with Crippen LogP contribution >= 0.6 is 0 Å². The van der Waals surface area contributed by atoms with Crippen molar-refractivity contribution in [2.24, 2.45) is 0 Å². The Morgan fingerprint density at radius 1 is 0.862 bits per heavy atom. The molecule has 0 N–H and O–H groups in total. The Kier molecular flexibility index (Phi) is 5.16. The summed E-state index contributed by atoms with van der Waals surface area (Å²) in [6.07, 6.45) is 1.43. The van der Waals surface area contributed by atoms with Crippen LogP contribution in [-0.4, -0.2) is 47.0 Å². The monoisotopic (exact) mass is 398 g/mol. The van der Waals surface area contributed by atoms with E-state index < -0.39 is 23.1 Å². The van der Waals surface area contributed by atoms with E-state index in [1.54, 1.807) is 18.2 Å². The lowest BCUT2D eigenvalue weighted by atomic mass is 10.1. The summed E-state index contributed by atoms with van der Waals surface area (Å²) in [4.78, 5) is 24.4. The van der Waals surface area contributed by atoms with Gasteiger partial charge in [-0.2, -0.15) is 0 Å². The van der Waals surface area contributed by atoms with Crippen molar-refractivity contribution >= 4 is 11.7 Å². The van der Waals surface area contributed by atoms with Crippen molar-refractivity contribution in [3.8, 4) is 11.3 Å². The van der Waals surface area contributed by atoms with Crippen molar-refractivity contribution in [3.05, 3.63) is 77.9 Å². The first kappa shape index (κ1) is 18.9. The summed E-state index contributed by atoms with van der Waals surface area (Å²) in [7, 11) is 0. The van der Waals surface area contributed by atoms with E-state index in [-0.39, 0.29) is 5.82 Å². The van der Waals surface area contributed by atoms with Gasteiger partial charge in [0.15, 0.2) is 0 Å². The quantitative estimate of drug-likeness (QED) is 0.678. The summed E-state index contributed by atoms with van der Waals surface area (Å²) in [5.41, 5.74) is 0.891. The fourth-order valence-corrected chi connectivity index (χ4v) is 3.30. The highest BCUT2D eigenvalue weighted by Gasteiger charge is 2.27. The molecule has 2 heterocycles. The zero-order chi connectivity index (χ0) is 20.4. The zero-order valence-electron chi connectivity index (χ0n) is 15.4. The number of amides is 1. The number of anilines is 1. The third-order valence-electron chi connectivity index (χ3n) is 4.86. The molecular weight excluding hydrogens is 381 g/mol. The van der Waals surface area contributed by atoms with Crippen LogP contribution in [0.25, 0.3) is 11.3 Å². The minimum atomic E-state index is -0.864. The molecule has 0 spiro atoms. The number of carbonyl (C=O) groups excluding carboxylic acids is 1. The van der Waals surface area contributed by atoms with E-state index >= 15 is 0 Å². The van der Waals surface area contributed by atoms with Crippen molar-refractivity contribution in [1.29, 1.82) is 0 Å². The molecule has 0 saturated carbocycles. The van der Waals surface area contributed by atoms with Gasteiger partial charge in [0.2, 0.25) is 0 Å². The van der Waals surface area contributed by atoms with Gasteiger partial charge in [-0.3, -0.25) is 4.79 Å². The van der Waals surface area contributed by atoms with Gasteiger partial charge in [-0.15, -0.1) is 0 Å². The van der Waals surface area contributed by atoms with E-state index in [4.69, 9.17) is 0 Å². The van der Waals surface area contributed by atoms with E-state index in [0.717, 1.165) is 17.7 Å². The molecule has 5 nitrogen and oxygen atoms in total. The summed E-state index contributed by atoms with van der Waals surface area (Å²) in [5.74, 6) is -2.04. The van der Waals surface area contributed by atoms with Gasteiger partial charge in [0.1, 0.15) is 35.2 Å². The first-order valence-electron chi connectivity index (χ1n) is 9.09. The summed E-state index contributed by atoms with van der Waals surface area (Å²) in [5, 5.41) is 0. The maximum absolute atomic E-state index is 13.9. The van der Waals surface area contributed by atoms with E-state index in [1.165, 1.54) is 29.4 Å². The second kappa shape index (κ2) is 7.90. The van der Waals surface area contributed by atoms with Crippen LogP contribution in [0.5, 0.6) is 0 Å². The van der Waals surface area contributed by atoms with Crippen LogP contribution in [0.15, 0.2) is 54.9 Å². The first-order chi connectivity index (χ1) is 14.0. The Morgan fingerprint density at radius 2 is 1.52 bits per heavy atom. The van der Waals surface area contributed by atoms with Crippen LogP contribution in [0.1, 0.15) is 10.4 Å². The molecule has 0 aliphatic carbocycles. The average molecular weight is 398 g/mol. The number of aromatic nitrogens is 2. The molecule has 3 aromatic rings. The molecule has 1 aliphatic heterocycles. The Morgan fingerprint density at radius 3 is 2.17 bits per heavy atom. The molecule has 148 valence electrons. The molecule has 1 aromatic heterocycles. The molecule has 1 saturated heterocycles. The summed E-state index contributed by atoms with van der Waals surface area (Å²) < 4.78 is 40.9. The van der Waals surface area contributed by atoms with E-state index in [2.05, 4.69) is 9.97 Å². The van der Waals surface area contributed by atoms with Crippen molar-refractivity contribution in [2.45, 2.75) is 0 Å². The molecule has 1 amide bonds. The fraction of sp³-hybridized carbons (Fsp3) is 0.190. The normalized spacial score (nSPS) is 14.2. The SMILES string of the molecule is O=C(c1c(F)cccc1F)N1CCN(c2cc(-c3ccc(F)cc3)ncn2)CC1. The molecule has 8 heteroatoms.